The minimum Gasteiger partial charge on any atom is -0.459 e. The van der Waals surface area contributed by atoms with Crippen LogP contribution in [0.4, 0.5) is 0 Å². The maximum Gasteiger partial charge on any atom is 0.320 e. The first kappa shape index (κ1) is 38.9. The number of unbranched alkanes of at least 4 members (excludes halogenated alkanes) is 14. The molecule has 1 N–H and O–H groups in total. The second-order valence-electron chi connectivity index (χ2n) is 13.2. The lowest BCUT2D eigenvalue weighted by Gasteiger charge is -2.26. The van der Waals surface area contributed by atoms with Crippen molar-refractivity contribution in [3.63, 3.8) is 0 Å². The molecule has 1 amide bonds. The molecule has 0 saturated heterocycles. The van der Waals surface area contributed by atoms with Crippen molar-refractivity contribution in [2.24, 2.45) is 0 Å². The number of esters is 2. The van der Waals surface area contributed by atoms with E-state index in [9.17, 15) is 14.4 Å². The van der Waals surface area contributed by atoms with E-state index < -0.39 is 11.2 Å². The molecule has 0 aromatic rings. The minimum atomic E-state index is -0.592. The second-order valence-corrected chi connectivity index (χ2v) is 13.2. The Bertz CT molecular complexity index is 716. The maximum absolute atomic E-state index is 12.3. The largest absolute Gasteiger partial charge is 0.459 e. The van der Waals surface area contributed by atoms with Crippen LogP contribution in [0.15, 0.2) is 0 Å². The first-order valence-electron chi connectivity index (χ1n) is 16.2. The summed E-state index contributed by atoms with van der Waals surface area (Å²) < 4.78 is 10.8. The summed E-state index contributed by atoms with van der Waals surface area (Å²) in [6.07, 6.45) is 25.0. The molecular weight excluding hydrogens is 516 g/mol. The summed E-state index contributed by atoms with van der Waals surface area (Å²) in [5.74, 6) is 2.00. The van der Waals surface area contributed by atoms with Crippen LogP contribution in [0.5, 0.6) is 0 Å². The predicted molar refractivity (Wildman–Crippen MR) is 168 cm³/mol. The van der Waals surface area contributed by atoms with Gasteiger partial charge < -0.3 is 14.8 Å². The van der Waals surface area contributed by atoms with Gasteiger partial charge >= 0.3 is 11.9 Å². The van der Waals surface area contributed by atoms with E-state index >= 15 is 0 Å². The Morgan fingerprint density at radius 3 is 1.41 bits per heavy atom. The Labute approximate surface area is 252 Å². The molecule has 0 rings (SSSR count). The number of nitrogens with zero attached hydrogens (tertiary/aromatic N) is 1. The van der Waals surface area contributed by atoms with E-state index in [1.807, 2.05) is 41.5 Å². The molecule has 0 unspecified atom stereocenters. The minimum absolute atomic E-state index is 0.00131. The number of terminal acetylenes is 1. The normalized spacial score (nSPS) is 11.8. The third kappa shape index (κ3) is 29.2. The number of rotatable bonds is 24. The van der Waals surface area contributed by atoms with E-state index in [0.29, 0.717) is 25.9 Å². The highest BCUT2D eigenvalue weighted by Gasteiger charge is 2.23. The summed E-state index contributed by atoms with van der Waals surface area (Å²) in [6, 6.07) is 0. The molecule has 0 atom stereocenters. The summed E-state index contributed by atoms with van der Waals surface area (Å²) >= 11 is 0. The van der Waals surface area contributed by atoms with Gasteiger partial charge in [-0.2, -0.15) is 0 Å². The maximum atomic E-state index is 12.3. The Morgan fingerprint density at radius 2 is 1.02 bits per heavy atom. The standard InChI is InChI=1S/C34H62N2O5/c1-8-9-10-11-12-13-14-15-16-17-18-19-20-21-22-23-25-30(37)35-26-24-27-36(28-31(38)40-33(2,3)4)29-32(39)41-34(5,6)7/h1H,9-29H2,2-7H3,(H,35,37). The summed E-state index contributed by atoms with van der Waals surface area (Å²) in [5, 5.41) is 2.97. The molecule has 0 aliphatic carbocycles. The molecule has 0 heterocycles. The van der Waals surface area contributed by atoms with E-state index in [1.165, 1.54) is 77.0 Å². The van der Waals surface area contributed by atoms with Gasteiger partial charge in [0, 0.05) is 25.9 Å². The lowest BCUT2D eigenvalue weighted by molar-refractivity contribution is -0.160. The molecule has 0 spiro atoms. The van der Waals surface area contributed by atoms with Gasteiger partial charge in [-0.1, -0.05) is 77.0 Å². The number of hydrogen-bond acceptors (Lipinski definition) is 6. The van der Waals surface area contributed by atoms with Crippen LogP contribution in [-0.2, 0) is 23.9 Å². The molecule has 41 heavy (non-hydrogen) atoms. The number of hydrogen-bond donors (Lipinski definition) is 1. The van der Waals surface area contributed by atoms with Crippen molar-refractivity contribution in [1.29, 1.82) is 0 Å². The first-order chi connectivity index (χ1) is 19.3. The average Bonchev–Trinajstić information content (AvgIpc) is 2.84. The van der Waals surface area contributed by atoms with E-state index in [2.05, 4.69) is 11.2 Å². The Kier molecular flexibility index (Phi) is 22.3. The number of nitrogens with one attached hydrogen (secondary N) is 1. The zero-order valence-corrected chi connectivity index (χ0v) is 27.4. The van der Waals surface area contributed by atoms with Gasteiger partial charge in [0.05, 0.1) is 13.1 Å². The van der Waals surface area contributed by atoms with Crippen LogP contribution in [0.25, 0.3) is 0 Å². The predicted octanol–water partition coefficient (Wildman–Crippen LogP) is 7.35. The van der Waals surface area contributed by atoms with Gasteiger partial charge in [-0.05, 0) is 60.8 Å². The van der Waals surface area contributed by atoms with Crippen LogP contribution in [0.2, 0.25) is 0 Å². The zero-order chi connectivity index (χ0) is 31.0. The third-order valence-corrected chi connectivity index (χ3v) is 6.49. The quantitative estimate of drug-likeness (QED) is 0.0732. The van der Waals surface area contributed by atoms with Crippen molar-refractivity contribution < 1.29 is 23.9 Å². The number of amides is 1. The average molecular weight is 579 g/mol. The van der Waals surface area contributed by atoms with E-state index in [-0.39, 0.29) is 30.9 Å². The van der Waals surface area contributed by atoms with Crippen LogP contribution >= 0.6 is 0 Å². The van der Waals surface area contributed by atoms with Gasteiger partial charge in [0.25, 0.3) is 0 Å². The monoisotopic (exact) mass is 578 g/mol. The summed E-state index contributed by atoms with van der Waals surface area (Å²) in [7, 11) is 0. The summed E-state index contributed by atoms with van der Waals surface area (Å²) in [4.78, 5) is 38.6. The zero-order valence-electron chi connectivity index (χ0n) is 27.4. The lowest BCUT2D eigenvalue weighted by atomic mass is 10.0. The van der Waals surface area contributed by atoms with Crippen LogP contribution in [0, 0.1) is 12.3 Å². The molecule has 0 fully saturated rings. The lowest BCUT2D eigenvalue weighted by Crippen LogP contribution is -2.41. The van der Waals surface area contributed by atoms with Crippen molar-refractivity contribution in [1.82, 2.24) is 10.2 Å². The van der Waals surface area contributed by atoms with Crippen LogP contribution in [-0.4, -0.2) is 60.1 Å². The molecule has 7 nitrogen and oxygen atoms in total. The Balaban J connectivity index is 3.92. The van der Waals surface area contributed by atoms with Crippen LogP contribution in [0.1, 0.15) is 151 Å². The van der Waals surface area contributed by atoms with Crippen LogP contribution < -0.4 is 5.32 Å². The van der Waals surface area contributed by atoms with Gasteiger partial charge in [-0.25, -0.2) is 0 Å². The highest BCUT2D eigenvalue weighted by molar-refractivity contribution is 5.76. The molecule has 0 bridgehead atoms. The Morgan fingerprint density at radius 1 is 0.634 bits per heavy atom. The van der Waals surface area contributed by atoms with Gasteiger partial charge in [-0.3, -0.25) is 19.3 Å². The molecule has 7 heteroatoms. The molecule has 0 aromatic carbocycles. The molecule has 0 aliphatic rings. The molecule has 238 valence electrons. The summed E-state index contributed by atoms with van der Waals surface area (Å²) in [5.41, 5.74) is -1.18. The molecule has 0 aromatic heterocycles. The molecular formula is C34H62N2O5. The number of carbonyl (C=O) groups excluding carboxylic acids is 3. The fourth-order valence-corrected chi connectivity index (χ4v) is 4.58. The molecule has 0 aliphatic heterocycles. The van der Waals surface area contributed by atoms with Gasteiger partial charge in [0.2, 0.25) is 5.91 Å². The molecule has 0 radical (unpaired) electrons. The van der Waals surface area contributed by atoms with Crippen molar-refractivity contribution >= 4 is 17.8 Å². The smallest absolute Gasteiger partial charge is 0.320 e. The fraction of sp³-hybridized carbons (Fsp3) is 0.853. The van der Waals surface area contributed by atoms with Gasteiger partial charge in [-0.15, -0.1) is 12.3 Å². The van der Waals surface area contributed by atoms with Crippen molar-refractivity contribution in [2.45, 2.75) is 162 Å². The SMILES string of the molecule is C#CCCCCCCCCCCCCCCCCC(=O)NCCCN(CC(=O)OC(C)(C)C)CC(=O)OC(C)(C)C. The second kappa shape index (κ2) is 23.5. The molecule has 0 saturated carbocycles. The van der Waals surface area contributed by atoms with Crippen LogP contribution in [0.3, 0.4) is 0 Å². The topological polar surface area (TPSA) is 84.9 Å². The van der Waals surface area contributed by atoms with Crippen molar-refractivity contribution in [3.05, 3.63) is 0 Å². The van der Waals surface area contributed by atoms with E-state index in [1.54, 1.807) is 4.90 Å². The third-order valence-electron chi connectivity index (χ3n) is 6.49. The Hall–Kier alpha value is -2.07. The highest BCUT2D eigenvalue weighted by atomic mass is 16.6. The fourth-order valence-electron chi connectivity index (χ4n) is 4.58. The van der Waals surface area contributed by atoms with Gasteiger partial charge in [0.15, 0.2) is 0 Å². The summed E-state index contributed by atoms with van der Waals surface area (Å²) in [6.45, 7) is 11.9. The van der Waals surface area contributed by atoms with Crippen molar-refractivity contribution in [2.75, 3.05) is 26.2 Å². The van der Waals surface area contributed by atoms with E-state index in [4.69, 9.17) is 15.9 Å². The van der Waals surface area contributed by atoms with Gasteiger partial charge in [0.1, 0.15) is 11.2 Å². The highest BCUT2D eigenvalue weighted by Crippen LogP contribution is 2.14. The number of ether oxygens (including phenoxy) is 2. The number of carbonyl (C=O) groups is 3. The van der Waals surface area contributed by atoms with E-state index in [0.717, 1.165) is 19.3 Å². The first-order valence-corrected chi connectivity index (χ1v) is 16.2. The van der Waals surface area contributed by atoms with Crippen molar-refractivity contribution in [3.8, 4) is 12.3 Å².